The lowest BCUT2D eigenvalue weighted by atomic mass is 9.88. The third kappa shape index (κ3) is 4.66. The Hall–Kier alpha value is -3.24. The highest BCUT2D eigenvalue weighted by Gasteiger charge is 2.21. The summed E-state index contributed by atoms with van der Waals surface area (Å²) >= 11 is 0. The Bertz CT molecular complexity index is 1210. The zero-order valence-corrected chi connectivity index (χ0v) is 18.1. The molecule has 1 fully saturated rings. The summed E-state index contributed by atoms with van der Waals surface area (Å²) in [6.45, 7) is 3.22. The zero-order valence-electron chi connectivity index (χ0n) is 18.1. The first-order valence-electron chi connectivity index (χ1n) is 11.3. The van der Waals surface area contributed by atoms with Crippen LogP contribution in [0.25, 0.3) is 10.9 Å². The number of halogens is 1. The summed E-state index contributed by atoms with van der Waals surface area (Å²) in [5, 5.41) is 1.08. The first-order chi connectivity index (χ1) is 15.6. The molecule has 32 heavy (non-hydrogen) atoms. The van der Waals surface area contributed by atoms with Crippen molar-refractivity contribution in [3.8, 4) is 0 Å². The molecule has 1 aliphatic rings. The van der Waals surface area contributed by atoms with Crippen LogP contribution >= 0.6 is 0 Å². The number of hydrogen-bond donors (Lipinski definition) is 1. The Morgan fingerprint density at radius 1 is 0.906 bits per heavy atom. The summed E-state index contributed by atoms with van der Waals surface area (Å²) in [6.07, 6.45) is 2.57. The van der Waals surface area contributed by atoms with Crippen molar-refractivity contribution in [2.75, 3.05) is 13.1 Å². The molecule has 3 nitrogen and oxygen atoms in total. The number of H-pyrrole nitrogens is 1. The van der Waals surface area contributed by atoms with Crippen molar-refractivity contribution < 1.29 is 9.18 Å². The second kappa shape index (κ2) is 9.09. The van der Waals surface area contributed by atoms with Crippen molar-refractivity contribution in [2.45, 2.75) is 31.7 Å². The number of likely N-dealkylation sites (tertiary alicyclic amines) is 1. The van der Waals surface area contributed by atoms with E-state index in [1.165, 1.54) is 23.3 Å². The molecule has 4 heteroatoms. The van der Waals surface area contributed by atoms with Gasteiger partial charge in [-0.15, -0.1) is 0 Å². The summed E-state index contributed by atoms with van der Waals surface area (Å²) in [7, 11) is 0. The fourth-order valence-corrected chi connectivity index (χ4v) is 4.70. The van der Waals surface area contributed by atoms with Gasteiger partial charge in [0.1, 0.15) is 5.82 Å². The van der Waals surface area contributed by atoms with Gasteiger partial charge in [-0.25, -0.2) is 4.39 Å². The maximum Gasteiger partial charge on any atom is 0.183 e. The van der Waals surface area contributed by atoms with Gasteiger partial charge in [0.15, 0.2) is 5.78 Å². The van der Waals surface area contributed by atoms with E-state index in [0.717, 1.165) is 48.9 Å². The van der Waals surface area contributed by atoms with E-state index in [-0.39, 0.29) is 18.0 Å². The highest BCUT2D eigenvalue weighted by molar-refractivity contribution is 6.00. The number of hydrogen-bond acceptors (Lipinski definition) is 2. The third-order valence-electron chi connectivity index (χ3n) is 6.53. The molecular weight excluding hydrogens is 399 g/mol. The fraction of sp³-hybridized carbons (Fsp3) is 0.250. The van der Waals surface area contributed by atoms with E-state index in [9.17, 15) is 9.18 Å². The first kappa shape index (κ1) is 20.7. The molecular formula is C28H27FN2O. The Morgan fingerprint density at radius 2 is 1.66 bits per heavy atom. The highest BCUT2D eigenvalue weighted by atomic mass is 19.1. The molecule has 162 valence electrons. The maximum absolute atomic E-state index is 13.1. The molecule has 2 heterocycles. The number of nitrogens with one attached hydrogen (secondary N) is 1. The highest BCUT2D eigenvalue weighted by Crippen LogP contribution is 2.31. The van der Waals surface area contributed by atoms with Gasteiger partial charge in [0.05, 0.1) is 5.69 Å². The van der Waals surface area contributed by atoms with Crippen molar-refractivity contribution in [1.29, 1.82) is 0 Å². The van der Waals surface area contributed by atoms with Crippen LogP contribution in [0.5, 0.6) is 0 Å². The molecule has 0 bridgehead atoms. The van der Waals surface area contributed by atoms with Crippen molar-refractivity contribution in [1.82, 2.24) is 9.88 Å². The van der Waals surface area contributed by atoms with E-state index in [4.69, 9.17) is 0 Å². The van der Waals surface area contributed by atoms with E-state index in [0.29, 0.717) is 11.6 Å². The number of piperidine rings is 1. The Morgan fingerprint density at radius 3 is 2.41 bits per heavy atom. The third-order valence-corrected chi connectivity index (χ3v) is 6.53. The van der Waals surface area contributed by atoms with Crippen LogP contribution in [-0.4, -0.2) is 28.8 Å². The smallest absolute Gasteiger partial charge is 0.183 e. The number of benzene rings is 3. The average molecular weight is 427 g/mol. The van der Waals surface area contributed by atoms with Crippen LogP contribution in [0.2, 0.25) is 0 Å². The molecule has 0 saturated carbocycles. The number of carbonyl (C=O) groups excluding carboxylic acids is 1. The molecule has 1 saturated heterocycles. The molecule has 3 aromatic carbocycles. The number of rotatable bonds is 6. The topological polar surface area (TPSA) is 36.1 Å². The van der Waals surface area contributed by atoms with Gasteiger partial charge < -0.3 is 4.98 Å². The van der Waals surface area contributed by atoms with Gasteiger partial charge in [-0.05, 0) is 78.9 Å². The quantitative estimate of drug-likeness (QED) is 0.378. The minimum absolute atomic E-state index is 0.0172. The lowest BCUT2D eigenvalue weighted by molar-refractivity contribution is 0.0989. The Balaban J connectivity index is 1.24. The molecule has 0 unspecified atom stereocenters. The van der Waals surface area contributed by atoms with Gasteiger partial charge >= 0.3 is 0 Å². The van der Waals surface area contributed by atoms with Crippen molar-refractivity contribution in [3.63, 3.8) is 0 Å². The number of fused-ring (bicyclic) bond motifs is 1. The van der Waals surface area contributed by atoms with Gasteiger partial charge in [0.2, 0.25) is 0 Å². The predicted molar refractivity (Wildman–Crippen MR) is 126 cm³/mol. The van der Waals surface area contributed by atoms with Crippen LogP contribution in [0.3, 0.4) is 0 Å². The molecule has 1 aromatic heterocycles. The van der Waals surface area contributed by atoms with Gasteiger partial charge in [-0.3, -0.25) is 9.69 Å². The van der Waals surface area contributed by atoms with Crippen LogP contribution in [-0.2, 0) is 13.0 Å². The fourth-order valence-electron chi connectivity index (χ4n) is 4.70. The molecule has 0 amide bonds. The summed E-state index contributed by atoms with van der Waals surface area (Å²) in [6, 6.07) is 25.3. The van der Waals surface area contributed by atoms with Crippen LogP contribution in [0.1, 0.15) is 45.9 Å². The average Bonchev–Trinajstić information content (AvgIpc) is 3.25. The van der Waals surface area contributed by atoms with E-state index in [1.54, 1.807) is 12.1 Å². The Labute approximate surface area is 187 Å². The maximum atomic E-state index is 13.1. The van der Waals surface area contributed by atoms with Crippen molar-refractivity contribution in [2.24, 2.45) is 0 Å². The minimum atomic E-state index is -0.287. The molecule has 5 rings (SSSR count). The summed E-state index contributed by atoms with van der Waals surface area (Å²) in [5.74, 6) is 0.286. The minimum Gasteiger partial charge on any atom is -0.352 e. The van der Waals surface area contributed by atoms with Gasteiger partial charge in [0.25, 0.3) is 0 Å². The van der Waals surface area contributed by atoms with Crippen LogP contribution in [0, 0.1) is 5.82 Å². The second-order valence-corrected chi connectivity index (χ2v) is 8.79. The monoisotopic (exact) mass is 426 g/mol. The molecule has 0 radical (unpaired) electrons. The van der Waals surface area contributed by atoms with E-state index in [1.807, 2.05) is 6.07 Å². The van der Waals surface area contributed by atoms with Gasteiger partial charge in [-0.2, -0.15) is 0 Å². The van der Waals surface area contributed by atoms with Gasteiger partial charge in [0, 0.05) is 23.9 Å². The first-order valence-corrected chi connectivity index (χ1v) is 11.3. The number of nitrogens with zero attached hydrogens (tertiary/aromatic N) is 1. The van der Waals surface area contributed by atoms with E-state index < -0.39 is 0 Å². The molecule has 1 N–H and O–H groups in total. The molecule has 0 spiro atoms. The van der Waals surface area contributed by atoms with Crippen molar-refractivity contribution in [3.05, 3.63) is 107 Å². The summed E-state index contributed by atoms with van der Waals surface area (Å²) < 4.78 is 13.1. The Kier molecular flexibility index (Phi) is 5.87. The molecule has 0 atom stereocenters. The van der Waals surface area contributed by atoms with Crippen LogP contribution in [0.4, 0.5) is 4.39 Å². The van der Waals surface area contributed by atoms with E-state index in [2.05, 4.69) is 58.4 Å². The molecule has 4 aromatic rings. The summed E-state index contributed by atoms with van der Waals surface area (Å²) in [5.41, 5.74) is 5.14. The predicted octanol–water partition coefficient (Wildman–Crippen LogP) is 6.11. The number of aromatic amines is 1. The number of Topliss-reactive ketones (excluding diaryl/α,β-unsaturated/α-hetero) is 1. The largest absolute Gasteiger partial charge is 0.352 e. The number of carbonyl (C=O) groups is 1. The zero-order chi connectivity index (χ0) is 21.9. The number of aromatic nitrogens is 1. The molecule has 0 aliphatic carbocycles. The van der Waals surface area contributed by atoms with Crippen LogP contribution in [0.15, 0.2) is 78.9 Å². The second-order valence-electron chi connectivity index (χ2n) is 8.79. The lowest BCUT2D eigenvalue weighted by Gasteiger charge is -2.32. The SMILES string of the molecule is O=C(Cc1ccc(F)cc1)c1cc2cc(C3CCN(Cc4ccccc4)CC3)ccc2[nH]1. The molecule has 1 aliphatic heterocycles. The van der Waals surface area contributed by atoms with Crippen molar-refractivity contribution >= 4 is 16.7 Å². The normalized spacial score (nSPS) is 15.3. The van der Waals surface area contributed by atoms with Gasteiger partial charge in [-0.1, -0.05) is 48.5 Å². The summed E-state index contributed by atoms with van der Waals surface area (Å²) in [4.78, 5) is 18.5. The standard InChI is InChI=1S/C28H27FN2O/c29-25-9-6-20(7-10-25)16-28(32)27-18-24-17-23(8-11-26(24)30-27)22-12-14-31(15-13-22)19-21-4-2-1-3-5-21/h1-11,17-18,22,30H,12-16,19H2. The van der Waals surface area contributed by atoms with E-state index >= 15 is 0 Å². The number of ketones is 1. The lowest BCUT2D eigenvalue weighted by Crippen LogP contribution is -2.32. The van der Waals surface area contributed by atoms with Crippen LogP contribution < -0.4 is 0 Å².